The van der Waals surface area contributed by atoms with E-state index in [0.29, 0.717) is 41.1 Å². The first kappa shape index (κ1) is 25.8. The number of halogens is 1. The number of nitrogens with zero attached hydrogens (tertiary/aromatic N) is 5. The third-order valence-electron chi connectivity index (χ3n) is 5.53. The fourth-order valence-electron chi connectivity index (χ4n) is 4.25. The summed E-state index contributed by atoms with van der Waals surface area (Å²) in [5.41, 5.74) is 10.2. The maximum Gasteiger partial charge on any atom is 0.223 e. The second-order valence-electron chi connectivity index (χ2n) is 9.57. The molecule has 2 N–H and O–H groups in total. The van der Waals surface area contributed by atoms with Crippen LogP contribution in [0.5, 0.6) is 5.75 Å². The van der Waals surface area contributed by atoms with Crippen LogP contribution in [0.4, 0.5) is 5.95 Å². The number of nitrogens with two attached hydrogens (primary N) is 1. The van der Waals surface area contributed by atoms with E-state index in [1.807, 2.05) is 30.8 Å². The number of hydrogen-bond acceptors (Lipinski definition) is 6. The van der Waals surface area contributed by atoms with Gasteiger partial charge in [-0.15, -0.1) is 0 Å². The van der Waals surface area contributed by atoms with Crippen LogP contribution in [0.2, 0.25) is 5.15 Å². The fraction of sp³-hybridized carbons (Fsp3) is 0.500. The molecule has 8 heteroatoms. The van der Waals surface area contributed by atoms with Crippen LogP contribution in [0, 0.1) is 37.5 Å². The molecule has 3 rings (SSSR count). The average molecular weight is 483 g/mol. The number of aryl methyl sites for hydroxylation is 1. The summed E-state index contributed by atoms with van der Waals surface area (Å²) in [5, 5.41) is 1.01. The van der Waals surface area contributed by atoms with Gasteiger partial charge in [0.2, 0.25) is 5.95 Å². The summed E-state index contributed by atoms with van der Waals surface area (Å²) in [6.07, 6.45) is 3.78. The lowest BCUT2D eigenvalue weighted by atomic mass is 10.1. The predicted molar refractivity (Wildman–Crippen MR) is 139 cm³/mol. The van der Waals surface area contributed by atoms with Crippen molar-refractivity contribution in [1.29, 1.82) is 0 Å². The van der Waals surface area contributed by atoms with E-state index in [9.17, 15) is 0 Å². The molecule has 0 radical (unpaired) electrons. The number of aromatic nitrogens is 4. The Balaban J connectivity index is 2.00. The van der Waals surface area contributed by atoms with Crippen molar-refractivity contribution in [2.24, 2.45) is 11.8 Å². The van der Waals surface area contributed by atoms with Crippen LogP contribution in [-0.4, -0.2) is 51.2 Å². The molecule has 0 amide bonds. The van der Waals surface area contributed by atoms with Gasteiger partial charge in [-0.3, -0.25) is 9.88 Å². The van der Waals surface area contributed by atoms with E-state index in [0.717, 1.165) is 41.2 Å². The van der Waals surface area contributed by atoms with Crippen molar-refractivity contribution in [3.8, 4) is 17.6 Å². The molecule has 34 heavy (non-hydrogen) atoms. The van der Waals surface area contributed by atoms with Crippen LogP contribution in [0.25, 0.3) is 11.0 Å². The van der Waals surface area contributed by atoms with Crippen LogP contribution in [-0.2, 0) is 6.54 Å². The Kier molecular flexibility index (Phi) is 8.40. The molecule has 3 aromatic rings. The second kappa shape index (κ2) is 11.1. The van der Waals surface area contributed by atoms with Gasteiger partial charge in [-0.05, 0) is 25.7 Å². The third kappa shape index (κ3) is 5.99. The molecule has 182 valence electrons. The quantitative estimate of drug-likeness (QED) is 0.370. The molecular weight excluding hydrogens is 448 g/mol. The molecule has 0 saturated heterocycles. The van der Waals surface area contributed by atoms with Gasteiger partial charge in [-0.2, -0.15) is 4.98 Å². The second-order valence-corrected chi connectivity index (χ2v) is 9.93. The highest BCUT2D eigenvalue weighted by atomic mass is 35.5. The van der Waals surface area contributed by atoms with Crippen molar-refractivity contribution in [2.75, 3.05) is 32.5 Å². The van der Waals surface area contributed by atoms with E-state index in [-0.39, 0.29) is 5.95 Å². The first-order valence-corrected chi connectivity index (χ1v) is 12.0. The Morgan fingerprint density at radius 3 is 2.44 bits per heavy atom. The summed E-state index contributed by atoms with van der Waals surface area (Å²) in [7, 11) is 1.67. The zero-order chi connectivity index (χ0) is 25.0. The van der Waals surface area contributed by atoms with Crippen LogP contribution < -0.4 is 10.5 Å². The third-order valence-corrected chi connectivity index (χ3v) is 5.81. The van der Waals surface area contributed by atoms with Gasteiger partial charge in [0.25, 0.3) is 0 Å². The number of methoxy groups -OCH3 is 1. The number of hydrogen-bond donors (Lipinski definition) is 1. The van der Waals surface area contributed by atoms with Crippen LogP contribution in [0.3, 0.4) is 0 Å². The van der Waals surface area contributed by atoms with E-state index in [4.69, 9.17) is 22.1 Å². The molecule has 0 aliphatic heterocycles. The van der Waals surface area contributed by atoms with Crippen molar-refractivity contribution in [3.05, 3.63) is 39.9 Å². The van der Waals surface area contributed by atoms with Crippen molar-refractivity contribution < 1.29 is 4.74 Å². The van der Waals surface area contributed by atoms with Crippen molar-refractivity contribution in [2.45, 2.75) is 48.1 Å². The lowest BCUT2D eigenvalue weighted by molar-refractivity contribution is 0.244. The van der Waals surface area contributed by atoms with Crippen molar-refractivity contribution in [3.63, 3.8) is 0 Å². The van der Waals surface area contributed by atoms with Gasteiger partial charge in [0.1, 0.15) is 16.5 Å². The summed E-state index contributed by atoms with van der Waals surface area (Å²) in [6.45, 7) is 16.1. The van der Waals surface area contributed by atoms with Crippen molar-refractivity contribution in [1.82, 2.24) is 24.4 Å². The normalized spacial score (nSPS) is 11.5. The number of rotatable bonds is 8. The number of nitrogen functional groups attached to an aromatic ring is 1. The fourth-order valence-corrected chi connectivity index (χ4v) is 4.52. The zero-order valence-corrected chi connectivity index (χ0v) is 22.0. The summed E-state index contributed by atoms with van der Waals surface area (Å²) < 4.78 is 7.55. The van der Waals surface area contributed by atoms with Crippen LogP contribution in [0.1, 0.15) is 50.1 Å². The van der Waals surface area contributed by atoms with Gasteiger partial charge < -0.3 is 15.0 Å². The van der Waals surface area contributed by atoms with E-state index in [2.05, 4.69) is 59.4 Å². The van der Waals surface area contributed by atoms with Crippen molar-refractivity contribution >= 4 is 28.6 Å². The van der Waals surface area contributed by atoms with Gasteiger partial charge in [0, 0.05) is 36.6 Å². The molecule has 3 heterocycles. The summed E-state index contributed by atoms with van der Waals surface area (Å²) in [5.74, 6) is 8.78. The molecule has 0 aromatic carbocycles. The average Bonchev–Trinajstić information content (AvgIpc) is 3.07. The molecule has 0 atom stereocenters. The van der Waals surface area contributed by atoms with Crippen LogP contribution in [0.15, 0.2) is 12.4 Å². The molecular formula is C26H35ClN6O. The smallest absolute Gasteiger partial charge is 0.223 e. The molecule has 3 aromatic heterocycles. The van der Waals surface area contributed by atoms with E-state index in [1.165, 1.54) is 0 Å². The van der Waals surface area contributed by atoms with Gasteiger partial charge >= 0.3 is 0 Å². The molecule has 0 bridgehead atoms. The topological polar surface area (TPSA) is 82.1 Å². The van der Waals surface area contributed by atoms with E-state index in [1.54, 1.807) is 7.11 Å². The number of fused-ring (bicyclic) bond motifs is 1. The maximum absolute atomic E-state index is 6.50. The van der Waals surface area contributed by atoms with E-state index >= 15 is 0 Å². The Bertz CT molecular complexity index is 1210. The molecule has 0 aliphatic carbocycles. The monoisotopic (exact) mass is 482 g/mol. The Morgan fingerprint density at radius 1 is 1.15 bits per heavy atom. The summed E-state index contributed by atoms with van der Waals surface area (Å²) in [6, 6.07) is 0. The number of anilines is 1. The molecule has 7 nitrogen and oxygen atoms in total. The Labute approximate surface area is 207 Å². The SMILES string of the molecule is COc1c(C)cnc(Cn2cc(C#CCN(CC(C)C)CC(C)C)c3c(Cl)nc(N)nc32)c1C. The predicted octanol–water partition coefficient (Wildman–Crippen LogP) is 4.70. The minimum absolute atomic E-state index is 0.127. The van der Waals surface area contributed by atoms with Gasteiger partial charge in [0.15, 0.2) is 0 Å². The first-order chi connectivity index (χ1) is 16.1. The lowest BCUT2D eigenvalue weighted by Crippen LogP contribution is -2.31. The Morgan fingerprint density at radius 2 is 1.82 bits per heavy atom. The zero-order valence-electron chi connectivity index (χ0n) is 21.2. The first-order valence-electron chi connectivity index (χ1n) is 11.6. The molecule has 0 unspecified atom stereocenters. The highest BCUT2D eigenvalue weighted by Gasteiger charge is 2.17. The van der Waals surface area contributed by atoms with Gasteiger partial charge in [0.05, 0.1) is 36.8 Å². The van der Waals surface area contributed by atoms with E-state index < -0.39 is 0 Å². The largest absolute Gasteiger partial charge is 0.496 e. The Hall–Kier alpha value is -2.82. The van der Waals surface area contributed by atoms with Crippen LogP contribution >= 0.6 is 11.6 Å². The lowest BCUT2D eigenvalue weighted by Gasteiger charge is -2.23. The number of pyridine rings is 1. The molecule has 0 aliphatic rings. The molecule has 0 spiro atoms. The highest BCUT2D eigenvalue weighted by Crippen LogP contribution is 2.29. The minimum atomic E-state index is 0.127. The summed E-state index contributed by atoms with van der Waals surface area (Å²) >= 11 is 6.50. The standard InChI is InChI=1S/C26H35ClN6O/c1-16(2)12-32(13-17(3)4)10-8-9-20-14-33(25-22(20)24(27)30-26(28)31-25)15-21-19(6)23(34-7)18(5)11-29-21/h11,14,16-17H,10,12-13,15H2,1-7H3,(H2,28,30,31). The molecule has 0 saturated carbocycles. The summed E-state index contributed by atoms with van der Waals surface area (Å²) in [4.78, 5) is 15.7. The van der Waals surface area contributed by atoms with Gasteiger partial charge in [-0.1, -0.05) is 51.1 Å². The maximum atomic E-state index is 6.50. The molecule has 0 fully saturated rings. The van der Waals surface area contributed by atoms with Gasteiger partial charge in [-0.25, -0.2) is 4.98 Å². The highest BCUT2D eigenvalue weighted by molar-refractivity contribution is 6.34. The number of ether oxygens (including phenoxy) is 1. The minimum Gasteiger partial charge on any atom is -0.496 e.